The van der Waals surface area contributed by atoms with Gasteiger partial charge >= 0.3 is 0 Å². The molecule has 1 atom stereocenters. The van der Waals surface area contributed by atoms with Gasteiger partial charge in [-0.3, -0.25) is 4.79 Å². The van der Waals surface area contributed by atoms with Crippen LogP contribution < -0.4 is 5.32 Å². The Labute approximate surface area is 122 Å². The van der Waals surface area contributed by atoms with Gasteiger partial charge in [-0.15, -0.1) is 0 Å². The molecule has 2 aromatic heterocycles. The molecule has 0 aliphatic heterocycles. The first-order chi connectivity index (χ1) is 10.2. The highest BCUT2D eigenvalue weighted by Gasteiger charge is 2.25. The second-order valence-corrected chi connectivity index (χ2v) is 5.54. The second-order valence-electron chi connectivity index (χ2n) is 5.54. The smallest absolute Gasteiger partial charge is 0.238 e. The first kappa shape index (κ1) is 13.9. The summed E-state index contributed by atoms with van der Waals surface area (Å²) in [4.78, 5) is 16.1. The van der Waals surface area contributed by atoms with E-state index < -0.39 is 0 Å². The van der Waals surface area contributed by atoms with E-state index in [1.807, 2.05) is 0 Å². The molecule has 0 spiro atoms. The molecule has 2 heterocycles. The molecule has 1 unspecified atom stereocenters. The quantitative estimate of drug-likeness (QED) is 0.883. The summed E-state index contributed by atoms with van der Waals surface area (Å²) in [7, 11) is 0. The van der Waals surface area contributed by atoms with E-state index in [1.54, 1.807) is 18.4 Å². The fraction of sp³-hybridized carbons (Fsp3) is 0.533. The minimum absolute atomic E-state index is 0.0344. The number of rotatable bonds is 6. The van der Waals surface area contributed by atoms with Crippen LogP contribution in [0, 0.1) is 5.92 Å². The van der Waals surface area contributed by atoms with E-state index in [4.69, 9.17) is 8.94 Å². The maximum Gasteiger partial charge on any atom is 0.238 e. The summed E-state index contributed by atoms with van der Waals surface area (Å²) in [5.41, 5.74) is 0. The summed E-state index contributed by atoms with van der Waals surface area (Å²) in [6.45, 7) is 2.07. The largest absolute Gasteiger partial charge is 0.461 e. The molecule has 1 saturated carbocycles. The van der Waals surface area contributed by atoms with Crippen LogP contribution in [0.25, 0.3) is 11.6 Å². The van der Waals surface area contributed by atoms with Gasteiger partial charge in [0.15, 0.2) is 5.76 Å². The van der Waals surface area contributed by atoms with Gasteiger partial charge in [-0.25, -0.2) is 0 Å². The molecule has 21 heavy (non-hydrogen) atoms. The zero-order chi connectivity index (χ0) is 14.7. The van der Waals surface area contributed by atoms with Gasteiger partial charge in [0, 0.05) is 18.9 Å². The highest BCUT2D eigenvalue weighted by Crippen LogP contribution is 2.29. The van der Waals surface area contributed by atoms with Crippen molar-refractivity contribution in [1.29, 1.82) is 0 Å². The highest BCUT2D eigenvalue weighted by molar-refractivity contribution is 5.76. The van der Waals surface area contributed by atoms with Gasteiger partial charge in [-0.1, -0.05) is 11.6 Å². The lowest BCUT2D eigenvalue weighted by Crippen LogP contribution is -2.40. The number of nitrogens with zero attached hydrogens (tertiary/aromatic N) is 2. The van der Waals surface area contributed by atoms with Crippen molar-refractivity contribution in [1.82, 2.24) is 15.5 Å². The van der Waals surface area contributed by atoms with Crippen LogP contribution in [0.3, 0.4) is 0 Å². The molecule has 0 aromatic carbocycles. The van der Waals surface area contributed by atoms with Gasteiger partial charge in [-0.05, 0) is 37.8 Å². The Morgan fingerprint density at radius 2 is 2.38 bits per heavy atom. The monoisotopic (exact) mass is 289 g/mol. The van der Waals surface area contributed by atoms with E-state index in [0.717, 1.165) is 0 Å². The molecule has 1 N–H and O–H groups in total. The van der Waals surface area contributed by atoms with Crippen molar-refractivity contribution in [3.63, 3.8) is 0 Å². The van der Waals surface area contributed by atoms with Crippen molar-refractivity contribution in [3.8, 4) is 11.6 Å². The molecule has 3 rings (SSSR count). The zero-order valence-electron chi connectivity index (χ0n) is 12.0. The molecular formula is C15H19N3O3. The third-order valence-corrected chi connectivity index (χ3v) is 4.02. The number of nitrogens with one attached hydrogen (secondary N) is 1. The Morgan fingerprint density at radius 3 is 3.05 bits per heavy atom. The Bertz CT molecular complexity index is 587. The van der Waals surface area contributed by atoms with Crippen LogP contribution in [0.15, 0.2) is 27.3 Å². The van der Waals surface area contributed by atoms with Crippen molar-refractivity contribution >= 4 is 5.91 Å². The van der Waals surface area contributed by atoms with Crippen LogP contribution in [0.5, 0.6) is 0 Å². The molecule has 1 aliphatic rings. The average molecular weight is 289 g/mol. The SMILES string of the molecule is CC(NC(=O)CCc1nc(-c2ccco2)no1)C1CCC1. The predicted octanol–water partition coefficient (Wildman–Crippen LogP) is 2.57. The molecule has 1 aliphatic carbocycles. The van der Waals surface area contributed by atoms with Crippen LogP contribution in [-0.4, -0.2) is 22.1 Å². The summed E-state index contributed by atoms with van der Waals surface area (Å²) in [6, 6.07) is 3.79. The third-order valence-electron chi connectivity index (χ3n) is 4.02. The number of amides is 1. The molecule has 6 nitrogen and oxygen atoms in total. The van der Waals surface area contributed by atoms with Crippen LogP contribution in [0.2, 0.25) is 0 Å². The number of aryl methyl sites for hydroxylation is 1. The minimum Gasteiger partial charge on any atom is -0.461 e. The Balaban J connectivity index is 1.47. The number of hydrogen-bond acceptors (Lipinski definition) is 5. The van der Waals surface area contributed by atoms with Gasteiger partial charge < -0.3 is 14.3 Å². The summed E-state index contributed by atoms with van der Waals surface area (Å²) >= 11 is 0. The number of carbonyl (C=O) groups is 1. The zero-order valence-corrected chi connectivity index (χ0v) is 12.0. The lowest BCUT2D eigenvalue weighted by atomic mass is 9.80. The van der Waals surface area contributed by atoms with Crippen molar-refractivity contribution in [2.45, 2.75) is 45.1 Å². The van der Waals surface area contributed by atoms with Gasteiger partial charge in [-0.2, -0.15) is 4.98 Å². The van der Waals surface area contributed by atoms with Gasteiger partial charge in [0.1, 0.15) is 0 Å². The average Bonchev–Trinajstić information content (AvgIpc) is 3.05. The third kappa shape index (κ3) is 3.32. The first-order valence-electron chi connectivity index (χ1n) is 7.38. The Kier molecular flexibility index (Phi) is 4.03. The number of carbonyl (C=O) groups excluding carboxylic acids is 1. The van der Waals surface area contributed by atoms with E-state index in [2.05, 4.69) is 22.4 Å². The van der Waals surface area contributed by atoms with Crippen LogP contribution in [0.4, 0.5) is 0 Å². The topological polar surface area (TPSA) is 81.2 Å². The fourth-order valence-corrected chi connectivity index (χ4v) is 2.47. The second kappa shape index (κ2) is 6.11. The lowest BCUT2D eigenvalue weighted by Gasteiger charge is -2.31. The van der Waals surface area contributed by atoms with Crippen molar-refractivity contribution < 1.29 is 13.7 Å². The maximum atomic E-state index is 11.9. The molecule has 0 saturated heterocycles. The van der Waals surface area contributed by atoms with E-state index in [-0.39, 0.29) is 11.9 Å². The van der Waals surface area contributed by atoms with Gasteiger partial charge in [0.05, 0.1) is 6.26 Å². The molecule has 0 bridgehead atoms. The summed E-state index contributed by atoms with van der Waals surface area (Å²) in [5, 5.41) is 6.88. The first-order valence-corrected chi connectivity index (χ1v) is 7.38. The highest BCUT2D eigenvalue weighted by atomic mass is 16.5. The Hall–Kier alpha value is -2.11. The van der Waals surface area contributed by atoms with E-state index >= 15 is 0 Å². The normalized spacial score (nSPS) is 16.4. The summed E-state index contributed by atoms with van der Waals surface area (Å²) in [5.74, 6) is 2.11. The summed E-state index contributed by atoms with van der Waals surface area (Å²) < 4.78 is 10.3. The van der Waals surface area contributed by atoms with Crippen molar-refractivity contribution in [2.24, 2.45) is 5.92 Å². The van der Waals surface area contributed by atoms with Crippen molar-refractivity contribution in [2.75, 3.05) is 0 Å². The van der Waals surface area contributed by atoms with E-state index in [1.165, 1.54) is 19.3 Å². The molecule has 112 valence electrons. The van der Waals surface area contributed by atoms with Crippen LogP contribution >= 0.6 is 0 Å². The molecule has 2 aromatic rings. The fourth-order valence-electron chi connectivity index (χ4n) is 2.47. The van der Waals surface area contributed by atoms with Gasteiger partial charge in [0.2, 0.25) is 17.6 Å². The van der Waals surface area contributed by atoms with Crippen LogP contribution in [-0.2, 0) is 11.2 Å². The minimum atomic E-state index is 0.0344. The van der Waals surface area contributed by atoms with Crippen LogP contribution in [0.1, 0.15) is 38.5 Å². The number of hydrogen-bond donors (Lipinski definition) is 1. The molecule has 1 fully saturated rings. The van der Waals surface area contributed by atoms with Gasteiger partial charge in [0.25, 0.3) is 0 Å². The van der Waals surface area contributed by atoms with Crippen molar-refractivity contribution in [3.05, 3.63) is 24.3 Å². The lowest BCUT2D eigenvalue weighted by molar-refractivity contribution is -0.122. The predicted molar refractivity (Wildman–Crippen MR) is 75.3 cm³/mol. The van der Waals surface area contributed by atoms with E-state index in [9.17, 15) is 4.79 Å². The number of aromatic nitrogens is 2. The molecule has 6 heteroatoms. The molecule has 1 amide bonds. The molecule has 0 radical (unpaired) electrons. The molecular weight excluding hydrogens is 270 g/mol. The number of furan rings is 1. The Morgan fingerprint density at radius 1 is 1.52 bits per heavy atom. The standard InChI is InChI=1S/C15H19N3O3/c1-10(11-4-2-5-11)16-13(19)7-8-14-17-15(18-21-14)12-6-3-9-20-12/h3,6,9-11H,2,4-5,7-8H2,1H3,(H,16,19). The van der Waals surface area contributed by atoms with E-state index in [0.29, 0.717) is 36.2 Å². The maximum absolute atomic E-state index is 11.9. The summed E-state index contributed by atoms with van der Waals surface area (Å²) in [6.07, 6.45) is 6.08.